The fourth-order valence-corrected chi connectivity index (χ4v) is 1.91. The van der Waals surface area contributed by atoms with E-state index < -0.39 is 0 Å². The van der Waals surface area contributed by atoms with E-state index in [1.165, 1.54) is 11.1 Å². The van der Waals surface area contributed by atoms with Crippen LogP contribution in [-0.2, 0) is 4.74 Å². The Kier molecular flexibility index (Phi) is 5.83. The van der Waals surface area contributed by atoms with Gasteiger partial charge in [-0.2, -0.15) is 0 Å². The maximum atomic E-state index is 6.24. The number of hydrogen-bond donors (Lipinski definition) is 1. The second kappa shape index (κ2) is 6.91. The van der Waals surface area contributed by atoms with Crippen LogP contribution >= 0.6 is 0 Å². The van der Waals surface area contributed by atoms with E-state index in [1.807, 2.05) is 0 Å². The zero-order valence-electron chi connectivity index (χ0n) is 12.3. The minimum Gasteiger partial charge on any atom is -0.369 e. The molecular weight excluding hydrogens is 222 g/mol. The van der Waals surface area contributed by atoms with Crippen LogP contribution in [0.1, 0.15) is 51.3 Å². The van der Waals surface area contributed by atoms with Crippen LogP contribution in [-0.4, -0.2) is 12.1 Å². The van der Waals surface area contributed by atoms with Gasteiger partial charge in [-0.15, -0.1) is 0 Å². The standard InChI is InChI=1S/C16H27NO/c1-6-15(17)16(18-13(5)11(2)3)14-10-8-7-9-12(14)4/h7-11,13,15-16H,6,17H2,1-5H3. The fourth-order valence-electron chi connectivity index (χ4n) is 1.91. The lowest BCUT2D eigenvalue weighted by atomic mass is 9.96. The number of hydrogen-bond acceptors (Lipinski definition) is 2. The van der Waals surface area contributed by atoms with E-state index in [9.17, 15) is 0 Å². The molecule has 0 aromatic heterocycles. The monoisotopic (exact) mass is 249 g/mol. The molecule has 3 atom stereocenters. The summed E-state index contributed by atoms with van der Waals surface area (Å²) in [5, 5.41) is 0. The first kappa shape index (κ1) is 15.2. The summed E-state index contributed by atoms with van der Waals surface area (Å²) < 4.78 is 6.21. The lowest BCUT2D eigenvalue weighted by Gasteiger charge is -2.30. The third kappa shape index (κ3) is 3.82. The van der Waals surface area contributed by atoms with E-state index in [0.717, 1.165) is 6.42 Å². The first-order valence-electron chi connectivity index (χ1n) is 6.93. The Hall–Kier alpha value is -0.860. The molecule has 2 nitrogen and oxygen atoms in total. The van der Waals surface area contributed by atoms with E-state index in [-0.39, 0.29) is 18.2 Å². The van der Waals surface area contributed by atoms with Crippen LogP contribution in [0.25, 0.3) is 0 Å². The zero-order chi connectivity index (χ0) is 13.7. The van der Waals surface area contributed by atoms with E-state index in [1.54, 1.807) is 0 Å². The molecule has 0 saturated heterocycles. The van der Waals surface area contributed by atoms with Crippen molar-refractivity contribution in [2.24, 2.45) is 11.7 Å². The molecule has 18 heavy (non-hydrogen) atoms. The van der Waals surface area contributed by atoms with Gasteiger partial charge < -0.3 is 10.5 Å². The Morgan fingerprint density at radius 3 is 2.28 bits per heavy atom. The average Bonchev–Trinajstić information content (AvgIpc) is 2.35. The maximum absolute atomic E-state index is 6.24. The van der Waals surface area contributed by atoms with E-state index >= 15 is 0 Å². The van der Waals surface area contributed by atoms with Crippen molar-refractivity contribution in [1.82, 2.24) is 0 Å². The molecule has 0 bridgehead atoms. The summed E-state index contributed by atoms with van der Waals surface area (Å²) in [6.45, 7) is 10.7. The number of nitrogens with two attached hydrogens (primary N) is 1. The van der Waals surface area contributed by atoms with Gasteiger partial charge in [0.1, 0.15) is 0 Å². The van der Waals surface area contributed by atoms with Gasteiger partial charge in [0.05, 0.1) is 12.2 Å². The SMILES string of the molecule is CCC(N)C(OC(C)C(C)C)c1ccccc1C. The molecule has 1 aromatic rings. The lowest BCUT2D eigenvalue weighted by molar-refractivity contribution is -0.0398. The molecule has 102 valence electrons. The third-order valence-electron chi connectivity index (χ3n) is 3.66. The molecule has 0 heterocycles. The van der Waals surface area contributed by atoms with Crippen LogP contribution in [0.5, 0.6) is 0 Å². The van der Waals surface area contributed by atoms with Crippen molar-refractivity contribution in [2.75, 3.05) is 0 Å². The third-order valence-corrected chi connectivity index (χ3v) is 3.66. The van der Waals surface area contributed by atoms with Gasteiger partial charge in [-0.3, -0.25) is 0 Å². The van der Waals surface area contributed by atoms with Gasteiger partial charge in [-0.1, -0.05) is 45.0 Å². The quantitative estimate of drug-likeness (QED) is 0.831. The first-order chi connectivity index (χ1) is 8.47. The Morgan fingerprint density at radius 2 is 1.78 bits per heavy atom. The van der Waals surface area contributed by atoms with Crippen LogP contribution in [0, 0.1) is 12.8 Å². The van der Waals surface area contributed by atoms with Gasteiger partial charge in [-0.05, 0) is 37.3 Å². The molecule has 1 rings (SSSR count). The summed E-state index contributed by atoms with van der Waals surface area (Å²) in [6, 6.07) is 8.41. The molecule has 2 heteroatoms. The second-order valence-electron chi connectivity index (χ2n) is 5.43. The van der Waals surface area contributed by atoms with Crippen molar-refractivity contribution in [3.8, 4) is 0 Å². The molecule has 0 fully saturated rings. The molecule has 0 aliphatic heterocycles. The molecule has 1 aromatic carbocycles. The normalized spacial score (nSPS) is 16.6. The Labute approximate surface area is 112 Å². The highest BCUT2D eigenvalue weighted by Gasteiger charge is 2.24. The predicted molar refractivity (Wildman–Crippen MR) is 77.6 cm³/mol. The summed E-state index contributed by atoms with van der Waals surface area (Å²) in [7, 11) is 0. The number of aryl methyl sites for hydroxylation is 1. The van der Waals surface area contributed by atoms with Crippen LogP contribution in [0.3, 0.4) is 0 Å². The van der Waals surface area contributed by atoms with Crippen molar-refractivity contribution in [3.63, 3.8) is 0 Å². The van der Waals surface area contributed by atoms with Crippen molar-refractivity contribution in [1.29, 1.82) is 0 Å². The molecule has 0 spiro atoms. The van der Waals surface area contributed by atoms with Crippen LogP contribution in [0.2, 0.25) is 0 Å². The fraction of sp³-hybridized carbons (Fsp3) is 0.625. The van der Waals surface area contributed by atoms with E-state index in [0.29, 0.717) is 5.92 Å². The Morgan fingerprint density at radius 1 is 1.17 bits per heavy atom. The molecule has 0 amide bonds. The largest absolute Gasteiger partial charge is 0.369 e. The summed E-state index contributed by atoms with van der Waals surface area (Å²) >= 11 is 0. The topological polar surface area (TPSA) is 35.2 Å². The number of ether oxygens (including phenoxy) is 1. The number of rotatable bonds is 6. The highest BCUT2D eigenvalue weighted by molar-refractivity contribution is 5.28. The van der Waals surface area contributed by atoms with Crippen molar-refractivity contribution in [2.45, 2.75) is 59.3 Å². The summed E-state index contributed by atoms with van der Waals surface area (Å²) in [6.07, 6.45) is 1.13. The van der Waals surface area contributed by atoms with Crippen LogP contribution in [0.15, 0.2) is 24.3 Å². The van der Waals surface area contributed by atoms with Gasteiger partial charge in [0.2, 0.25) is 0 Å². The zero-order valence-corrected chi connectivity index (χ0v) is 12.3. The van der Waals surface area contributed by atoms with Gasteiger partial charge in [0.25, 0.3) is 0 Å². The Bertz CT molecular complexity index is 362. The highest BCUT2D eigenvalue weighted by Crippen LogP contribution is 2.27. The van der Waals surface area contributed by atoms with Gasteiger partial charge in [0, 0.05) is 6.04 Å². The summed E-state index contributed by atoms with van der Waals surface area (Å²) in [4.78, 5) is 0. The first-order valence-corrected chi connectivity index (χ1v) is 6.93. The molecule has 0 saturated carbocycles. The molecular formula is C16H27NO. The van der Waals surface area contributed by atoms with Crippen molar-refractivity contribution in [3.05, 3.63) is 35.4 Å². The van der Waals surface area contributed by atoms with Gasteiger partial charge in [-0.25, -0.2) is 0 Å². The lowest BCUT2D eigenvalue weighted by Crippen LogP contribution is -2.33. The van der Waals surface area contributed by atoms with Crippen LogP contribution < -0.4 is 5.73 Å². The van der Waals surface area contributed by atoms with Crippen molar-refractivity contribution < 1.29 is 4.74 Å². The van der Waals surface area contributed by atoms with E-state index in [4.69, 9.17) is 10.5 Å². The molecule has 0 aliphatic carbocycles. The maximum Gasteiger partial charge on any atom is 0.0981 e. The molecule has 3 unspecified atom stereocenters. The summed E-state index contributed by atoms with van der Waals surface area (Å²) in [5.74, 6) is 0.501. The van der Waals surface area contributed by atoms with Gasteiger partial charge in [0.15, 0.2) is 0 Å². The average molecular weight is 249 g/mol. The number of benzene rings is 1. The van der Waals surface area contributed by atoms with E-state index in [2.05, 4.69) is 58.9 Å². The Balaban J connectivity index is 2.95. The molecule has 2 N–H and O–H groups in total. The van der Waals surface area contributed by atoms with Crippen molar-refractivity contribution >= 4 is 0 Å². The minimum atomic E-state index is -0.00593. The predicted octanol–water partition coefficient (Wildman–Crippen LogP) is 3.83. The second-order valence-corrected chi connectivity index (χ2v) is 5.43. The smallest absolute Gasteiger partial charge is 0.0981 e. The minimum absolute atomic E-state index is 0.00593. The molecule has 0 aliphatic rings. The summed E-state index contributed by atoms with van der Waals surface area (Å²) in [5.41, 5.74) is 8.72. The highest BCUT2D eigenvalue weighted by atomic mass is 16.5. The van der Waals surface area contributed by atoms with Gasteiger partial charge >= 0.3 is 0 Å². The molecule has 0 radical (unpaired) electrons. The van der Waals surface area contributed by atoms with Crippen LogP contribution in [0.4, 0.5) is 0 Å².